The lowest BCUT2D eigenvalue weighted by Crippen LogP contribution is -2.25. The maximum absolute atomic E-state index is 10.8. The number of halogens is 1. The molecule has 1 unspecified atom stereocenters. The van der Waals surface area contributed by atoms with Crippen LogP contribution in [0.4, 0.5) is 0 Å². The van der Waals surface area contributed by atoms with Crippen LogP contribution >= 0.6 is 15.9 Å². The first-order valence-corrected chi connectivity index (χ1v) is 7.44. The van der Waals surface area contributed by atoms with Gasteiger partial charge in [-0.15, -0.1) is 0 Å². The van der Waals surface area contributed by atoms with Gasteiger partial charge in [0.15, 0.2) is 0 Å². The van der Waals surface area contributed by atoms with E-state index in [1.54, 1.807) is 7.11 Å². The Morgan fingerprint density at radius 2 is 2.06 bits per heavy atom. The van der Waals surface area contributed by atoms with Gasteiger partial charge < -0.3 is 9.84 Å². The van der Waals surface area contributed by atoms with E-state index in [1.165, 1.54) is 12.8 Å². The first-order chi connectivity index (χ1) is 8.63. The van der Waals surface area contributed by atoms with Gasteiger partial charge in [-0.2, -0.15) is 0 Å². The van der Waals surface area contributed by atoms with Crippen molar-refractivity contribution in [1.29, 1.82) is 0 Å². The molecule has 1 fully saturated rings. The Balaban J connectivity index is 2.37. The molecule has 3 heteroatoms. The second kappa shape index (κ2) is 5.62. The quantitative estimate of drug-likeness (QED) is 0.889. The Labute approximate surface area is 117 Å². The second-order valence-electron chi connectivity index (χ2n) is 5.21. The number of benzene rings is 1. The molecule has 1 saturated carbocycles. The highest BCUT2D eigenvalue weighted by Gasteiger charge is 2.40. The molecule has 0 radical (unpaired) electrons. The van der Waals surface area contributed by atoms with Gasteiger partial charge in [-0.3, -0.25) is 0 Å². The summed E-state index contributed by atoms with van der Waals surface area (Å²) in [7, 11) is 1.66. The van der Waals surface area contributed by atoms with Crippen molar-refractivity contribution in [2.75, 3.05) is 7.11 Å². The third-order valence-corrected chi connectivity index (χ3v) is 4.86. The highest BCUT2D eigenvalue weighted by atomic mass is 79.9. The van der Waals surface area contributed by atoms with E-state index < -0.39 is 6.10 Å². The number of methoxy groups -OCH3 is 1. The van der Waals surface area contributed by atoms with E-state index in [0.717, 1.165) is 35.0 Å². The number of hydrogen-bond acceptors (Lipinski definition) is 2. The Morgan fingerprint density at radius 1 is 1.39 bits per heavy atom. The fraction of sp³-hybridized carbons (Fsp3) is 0.600. The molecule has 1 N–H and O–H groups in total. The van der Waals surface area contributed by atoms with Crippen molar-refractivity contribution in [3.8, 4) is 5.75 Å². The molecule has 1 aromatic rings. The predicted octanol–water partition coefficient (Wildman–Crippen LogP) is 4.46. The molecule has 18 heavy (non-hydrogen) atoms. The number of aliphatic hydroxyl groups is 1. The average molecular weight is 313 g/mol. The van der Waals surface area contributed by atoms with Crippen molar-refractivity contribution in [3.63, 3.8) is 0 Å². The van der Waals surface area contributed by atoms with Gasteiger partial charge in [0.1, 0.15) is 5.75 Å². The Kier molecular flexibility index (Phi) is 4.33. The highest BCUT2D eigenvalue weighted by Crippen LogP contribution is 2.51. The van der Waals surface area contributed by atoms with Crippen LogP contribution < -0.4 is 4.74 Å². The van der Waals surface area contributed by atoms with Crippen molar-refractivity contribution in [3.05, 3.63) is 28.2 Å². The summed E-state index contributed by atoms with van der Waals surface area (Å²) in [5, 5.41) is 10.8. The molecule has 0 aliphatic heterocycles. The maximum atomic E-state index is 10.8. The highest BCUT2D eigenvalue weighted by molar-refractivity contribution is 9.10. The molecule has 1 atom stereocenters. The van der Waals surface area contributed by atoms with Gasteiger partial charge in [-0.05, 0) is 37.5 Å². The molecular weight excluding hydrogens is 292 g/mol. The van der Waals surface area contributed by atoms with Crippen molar-refractivity contribution in [2.45, 2.75) is 45.1 Å². The largest absolute Gasteiger partial charge is 0.496 e. The zero-order valence-electron chi connectivity index (χ0n) is 11.1. The molecule has 2 nitrogen and oxygen atoms in total. The van der Waals surface area contributed by atoms with Crippen LogP contribution in [-0.4, -0.2) is 12.2 Å². The predicted molar refractivity (Wildman–Crippen MR) is 76.8 cm³/mol. The van der Waals surface area contributed by atoms with Crippen LogP contribution in [0.2, 0.25) is 0 Å². The summed E-state index contributed by atoms with van der Waals surface area (Å²) in [6, 6.07) is 5.85. The minimum atomic E-state index is -0.433. The van der Waals surface area contributed by atoms with Crippen molar-refractivity contribution >= 4 is 15.9 Å². The second-order valence-corrected chi connectivity index (χ2v) is 6.13. The summed E-state index contributed by atoms with van der Waals surface area (Å²) in [6.07, 6.45) is 5.25. The molecule has 0 amide bonds. The zero-order chi connectivity index (χ0) is 13.2. The number of hydrogen-bond donors (Lipinski definition) is 1. The van der Waals surface area contributed by atoms with Gasteiger partial charge in [0, 0.05) is 15.5 Å². The van der Waals surface area contributed by atoms with Crippen LogP contribution in [0.1, 0.15) is 50.7 Å². The van der Waals surface area contributed by atoms with Gasteiger partial charge in [0.05, 0.1) is 13.2 Å². The van der Waals surface area contributed by atoms with Crippen LogP contribution in [0.5, 0.6) is 5.75 Å². The zero-order valence-corrected chi connectivity index (χ0v) is 12.7. The summed E-state index contributed by atoms with van der Waals surface area (Å²) >= 11 is 3.48. The third-order valence-electron chi connectivity index (χ3n) is 4.37. The van der Waals surface area contributed by atoms with Crippen LogP contribution in [0.15, 0.2) is 22.7 Å². The molecule has 1 aromatic carbocycles. The number of ether oxygens (including phenoxy) is 1. The SMILES string of the molecule is CCC1(C(O)c2cc(Br)ccc2OC)CCCC1. The molecule has 0 saturated heterocycles. The smallest absolute Gasteiger partial charge is 0.124 e. The van der Waals surface area contributed by atoms with Crippen molar-refractivity contribution in [1.82, 2.24) is 0 Å². The van der Waals surface area contributed by atoms with Gasteiger partial charge in [0.2, 0.25) is 0 Å². The maximum Gasteiger partial charge on any atom is 0.124 e. The summed E-state index contributed by atoms with van der Waals surface area (Å²) in [5.41, 5.74) is 0.948. The van der Waals surface area contributed by atoms with Gasteiger partial charge >= 0.3 is 0 Å². The van der Waals surface area contributed by atoms with Crippen molar-refractivity contribution in [2.24, 2.45) is 5.41 Å². The normalized spacial score (nSPS) is 19.8. The first kappa shape index (κ1) is 13.9. The summed E-state index contributed by atoms with van der Waals surface area (Å²) < 4.78 is 6.38. The molecular formula is C15H21BrO2. The number of rotatable bonds is 4. The molecule has 0 heterocycles. The van der Waals surface area contributed by atoms with Crippen LogP contribution in [-0.2, 0) is 0 Å². The molecule has 0 spiro atoms. The fourth-order valence-corrected chi connectivity index (χ4v) is 3.53. The Hall–Kier alpha value is -0.540. The topological polar surface area (TPSA) is 29.5 Å². The molecule has 100 valence electrons. The van der Waals surface area contributed by atoms with E-state index in [4.69, 9.17) is 4.74 Å². The molecule has 1 aliphatic rings. The monoisotopic (exact) mass is 312 g/mol. The standard InChI is InChI=1S/C15H21BrO2/c1-3-15(8-4-5-9-15)14(17)12-10-11(16)6-7-13(12)18-2/h6-7,10,14,17H,3-5,8-9H2,1-2H3. The summed E-state index contributed by atoms with van der Waals surface area (Å²) in [5.74, 6) is 0.783. The molecule has 2 rings (SSSR count). The Bertz CT molecular complexity index is 411. The minimum Gasteiger partial charge on any atom is -0.496 e. The molecule has 0 bridgehead atoms. The molecule has 1 aliphatic carbocycles. The van der Waals surface area contributed by atoms with E-state index in [9.17, 15) is 5.11 Å². The van der Waals surface area contributed by atoms with Crippen molar-refractivity contribution < 1.29 is 9.84 Å². The third kappa shape index (κ3) is 2.43. The lowest BCUT2D eigenvalue weighted by molar-refractivity contribution is 0.0220. The van der Waals surface area contributed by atoms with Crippen LogP contribution in [0.3, 0.4) is 0 Å². The Morgan fingerprint density at radius 3 is 2.61 bits per heavy atom. The lowest BCUT2D eigenvalue weighted by Gasteiger charge is -2.34. The van der Waals surface area contributed by atoms with Gasteiger partial charge in [-0.25, -0.2) is 0 Å². The van der Waals surface area contributed by atoms with Crippen LogP contribution in [0.25, 0.3) is 0 Å². The van der Waals surface area contributed by atoms with E-state index in [2.05, 4.69) is 22.9 Å². The summed E-state index contributed by atoms with van der Waals surface area (Å²) in [6.45, 7) is 2.18. The lowest BCUT2D eigenvalue weighted by atomic mass is 9.75. The van der Waals surface area contributed by atoms with Crippen LogP contribution in [0, 0.1) is 5.41 Å². The van der Waals surface area contributed by atoms with E-state index in [0.29, 0.717) is 0 Å². The van der Waals surface area contributed by atoms with Gasteiger partial charge in [0.25, 0.3) is 0 Å². The van der Waals surface area contributed by atoms with E-state index >= 15 is 0 Å². The summed E-state index contributed by atoms with van der Waals surface area (Å²) in [4.78, 5) is 0. The molecule has 0 aromatic heterocycles. The number of aliphatic hydroxyl groups excluding tert-OH is 1. The first-order valence-electron chi connectivity index (χ1n) is 6.64. The fourth-order valence-electron chi connectivity index (χ4n) is 3.15. The minimum absolute atomic E-state index is 0.0358. The van der Waals surface area contributed by atoms with Gasteiger partial charge in [-0.1, -0.05) is 35.7 Å². The van der Waals surface area contributed by atoms with E-state index in [-0.39, 0.29) is 5.41 Å². The van der Waals surface area contributed by atoms with E-state index in [1.807, 2.05) is 18.2 Å². The average Bonchev–Trinajstić information content (AvgIpc) is 2.87.